The van der Waals surface area contributed by atoms with Gasteiger partial charge in [0.1, 0.15) is 5.82 Å². The largest absolute Gasteiger partial charge is 0.378 e. The fourth-order valence-corrected chi connectivity index (χ4v) is 4.35. The number of hydrogen-bond acceptors (Lipinski definition) is 6. The van der Waals surface area contributed by atoms with Crippen molar-refractivity contribution in [1.82, 2.24) is 14.9 Å². The minimum atomic E-state index is 0.381. The molecule has 6 nitrogen and oxygen atoms in total. The average molecular weight is 436 g/mol. The van der Waals surface area contributed by atoms with E-state index in [0.29, 0.717) is 16.1 Å². The van der Waals surface area contributed by atoms with Crippen LogP contribution in [0.2, 0.25) is 10.0 Å². The number of piperidine rings is 1. The maximum atomic E-state index is 6.18. The van der Waals surface area contributed by atoms with E-state index in [-0.39, 0.29) is 0 Å². The standard InChI is InChI=1S/C21H27Cl2N5O/c1-26(21-24-7-6-20(25-21)28-9-11-29-12-10-28)17-3-2-8-27(15-17)14-16-4-5-18(22)19(23)13-16/h4-7,13,17H,2-3,8-12,14-15H2,1H3. The number of ether oxygens (including phenoxy) is 1. The third-order valence-electron chi connectivity index (χ3n) is 5.70. The number of anilines is 2. The van der Waals surface area contributed by atoms with Gasteiger partial charge in [-0.25, -0.2) is 4.98 Å². The molecule has 1 aromatic carbocycles. The number of likely N-dealkylation sites (tertiary alicyclic amines) is 1. The van der Waals surface area contributed by atoms with E-state index in [1.165, 1.54) is 5.56 Å². The molecule has 0 N–H and O–H groups in total. The lowest BCUT2D eigenvalue weighted by Gasteiger charge is -2.38. The van der Waals surface area contributed by atoms with Crippen LogP contribution in [-0.2, 0) is 11.3 Å². The number of aromatic nitrogens is 2. The van der Waals surface area contributed by atoms with Gasteiger partial charge < -0.3 is 14.5 Å². The zero-order chi connectivity index (χ0) is 20.2. The number of rotatable bonds is 5. The molecule has 0 aliphatic carbocycles. The van der Waals surface area contributed by atoms with E-state index in [9.17, 15) is 0 Å². The van der Waals surface area contributed by atoms with Gasteiger partial charge in [-0.3, -0.25) is 4.90 Å². The van der Waals surface area contributed by atoms with Crippen molar-refractivity contribution in [3.8, 4) is 0 Å². The summed E-state index contributed by atoms with van der Waals surface area (Å²) in [5.41, 5.74) is 1.19. The summed E-state index contributed by atoms with van der Waals surface area (Å²) in [7, 11) is 2.10. The fraction of sp³-hybridized carbons (Fsp3) is 0.524. The van der Waals surface area contributed by atoms with E-state index >= 15 is 0 Å². The Morgan fingerprint density at radius 3 is 2.76 bits per heavy atom. The monoisotopic (exact) mass is 435 g/mol. The van der Waals surface area contributed by atoms with E-state index in [0.717, 1.165) is 70.5 Å². The van der Waals surface area contributed by atoms with Gasteiger partial charge >= 0.3 is 0 Å². The summed E-state index contributed by atoms with van der Waals surface area (Å²) in [5, 5.41) is 1.21. The summed E-state index contributed by atoms with van der Waals surface area (Å²) >= 11 is 12.2. The van der Waals surface area contributed by atoms with Gasteiger partial charge in [-0.15, -0.1) is 0 Å². The van der Waals surface area contributed by atoms with E-state index in [4.69, 9.17) is 32.9 Å². The Morgan fingerprint density at radius 2 is 1.97 bits per heavy atom. The Balaban J connectivity index is 1.41. The van der Waals surface area contributed by atoms with E-state index < -0.39 is 0 Å². The minimum Gasteiger partial charge on any atom is -0.378 e. The normalized spacial score (nSPS) is 20.7. The molecule has 8 heteroatoms. The van der Waals surface area contributed by atoms with E-state index in [2.05, 4.69) is 32.8 Å². The highest BCUT2D eigenvalue weighted by Crippen LogP contribution is 2.25. The van der Waals surface area contributed by atoms with Crippen LogP contribution < -0.4 is 9.80 Å². The SMILES string of the molecule is CN(c1nccc(N2CCOCC2)n1)C1CCCN(Cc2ccc(Cl)c(Cl)c2)C1. The topological polar surface area (TPSA) is 44.7 Å². The van der Waals surface area contributed by atoms with Gasteiger partial charge in [-0.2, -0.15) is 4.98 Å². The van der Waals surface area contributed by atoms with Crippen molar-refractivity contribution in [2.24, 2.45) is 0 Å². The summed E-state index contributed by atoms with van der Waals surface area (Å²) in [6.07, 6.45) is 4.15. The fourth-order valence-electron chi connectivity index (χ4n) is 4.03. The van der Waals surface area contributed by atoms with Crippen LogP contribution in [0, 0.1) is 0 Å². The Kier molecular flexibility index (Phi) is 6.75. The molecule has 1 atom stereocenters. The highest BCUT2D eigenvalue weighted by Gasteiger charge is 2.25. The highest BCUT2D eigenvalue weighted by atomic mass is 35.5. The van der Waals surface area contributed by atoms with Crippen LogP contribution in [-0.4, -0.2) is 67.4 Å². The van der Waals surface area contributed by atoms with Crippen LogP contribution in [0.15, 0.2) is 30.5 Å². The zero-order valence-corrected chi connectivity index (χ0v) is 18.2. The van der Waals surface area contributed by atoms with Crippen molar-refractivity contribution in [3.05, 3.63) is 46.1 Å². The summed E-state index contributed by atoms with van der Waals surface area (Å²) in [6.45, 7) is 6.18. The lowest BCUT2D eigenvalue weighted by molar-refractivity contribution is 0.122. The van der Waals surface area contributed by atoms with Crippen molar-refractivity contribution in [1.29, 1.82) is 0 Å². The molecule has 0 radical (unpaired) electrons. The Labute approximate surface area is 182 Å². The van der Waals surface area contributed by atoms with Crippen LogP contribution in [0.4, 0.5) is 11.8 Å². The van der Waals surface area contributed by atoms with Crippen molar-refractivity contribution in [2.75, 3.05) is 56.2 Å². The Bertz CT molecular complexity index is 830. The molecule has 2 fully saturated rings. The van der Waals surface area contributed by atoms with Gasteiger partial charge in [0.05, 0.1) is 23.3 Å². The van der Waals surface area contributed by atoms with Crippen LogP contribution in [0.25, 0.3) is 0 Å². The molecule has 29 heavy (non-hydrogen) atoms. The zero-order valence-electron chi connectivity index (χ0n) is 16.7. The minimum absolute atomic E-state index is 0.381. The van der Waals surface area contributed by atoms with Crippen molar-refractivity contribution in [3.63, 3.8) is 0 Å². The summed E-state index contributed by atoms with van der Waals surface area (Å²) in [6, 6.07) is 8.26. The number of likely N-dealkylation sites (N-methyl/N-ethyl adjacent to an activating group) is 1. The maximum absolute atomic E-state index is 6.18. The highest BCUT2D eigenvalue weighted by molar-refractivity contribution is 6.42. The second-order valence-corrected chi connectivity index (χ2v) is 8.52. The molecule has 0 saturated carbocycles. The van der Waals surface area contributed by atoms with Crippen LogP contribution >= 0.6 is 23.2 Å². The first-order chi connectivity index (χ1) is 14.1. The average Bonchev–Trinajstić information content (AvgIpc) is 2.77. The van der Waals surface area contributed by atoms with Crippen molar-refractivity contribution in [2.45, 2.75) is 25.4 Å². The van der Waals surface area contributed by atoms with Gasteiger partial charge in [0.2, 0.25) is 5.95 Å². The molecule has 2 saturated heterocycles. The molecule has 3 heterocycles. The second-order valence-electron chi connectivity index (χ2n) is 7.70. The van der Waals surface area contributed by atoms with Crippen LogP contribution in [0.3, 0.4) is 0 Å². The van der Waals surface area contributed by atoms with E-state index in [1.807, 2.05) is 24.4 Å². The number of nitrogens with zero attached hydrogens (tertiary/aromatic N) is 5. The molecule has 1 aromatic heterocycles. The molecule has 156 valence electrons. The lowest BCUT2D eigenvalue weighted by Crippen LogP contribution is -2.47. The van der Waals surface area contributed by atoms with Crippen molar-refractivity contribution >= 4 is 35.0 Å². The predicted octanol–water partition coefficient (Wildman–Crippen LogP) is 3.72. The number of morpholine rings is 1. The first-order valence-corrected chi connectivity index (χ1v) is 10.9. The smallest absolute Gasteiger partial charge is 0.227 e. The molecular weight excluding hydrogens is 409 g/mol. The van der Waals surface area contributed by atoms with Gasteiger partial charge in [0.15, 0.2) is 0 Å². The molecule has 2 aromatic rings. The van der Waals surface area contributed by atoms with E-state index in [1.54, 1.807) is 0 Å². The number of halogens is 2. The molecular formula is C21H27Cl2N5O. The summed E-state index contributed by atoms with van der Waals surface area (Å²) in [4.78, 5) is 16.3. The molecule has 0 spiro atoms. The molecule has 4 rings (SSSR count). The van der Waals surface area contributed by atoms with Gasteiger partial charge in [0, 0.05) is 45.5 Å². The molecule has 1 unspecified atom stereocenters. The third-order valence-corrected chi connectivity index (χ3v) is 6.44. The molecule has 0 amide bonds. The molecule has 2 aliphatic heterocycles. The van der Waals surface area contributed by atoms with Gasteiger partial charge in [-0.1, -0.05) is 29.3 Å². The summed E-state index contributed by atoms with van der Waals surface area (Å²) < 4.78 is 5.45. The lowest BCUT2D eigenvalue weighted by atomic mass is 10.0. The Morgan fingerprint density at radius 1 is 1.14 bits per heavy atom. The van der Waals surface area contributed by atoms with Crippen LogP contribution in [0.5, 0.6) is 0 Å². The third kappa shape index (κ3) is 5.12. The molecule has 0 bridgehead atoms. The number of benzene rings is 1. The van der Waals surface area contributed by atoms with Gasteiger partial charge in [0.25, 0.3) is 0 Å². The number of hydrogen-bond donors (Lipinski definition) is 0. The first kappa shape index (κ1) is 20.7. The predicted molar refractivity (Wildman–Crippen MR) is 118 cm³/mol. The van der Waals surface area contributed by atoms with Gasteiger partial charge in [-0.05, 0) is 43.1 Å². The first-order valence-electron chi connectivity index (χ1n) is 10.1. The Hall–Kier alpha value is -1.60. The molecule has 2 aliphatic rings. The maximum Gasteiger partial charge on any atom is 0.227 e. The quantitative estimate of drug-likeness (QED) is 0.712. The van der Waals surface area contributed by atoms with Crippen molar-refractivity contribution < 1.29 is 4.74 Å². The van der Waals surface area contributed by atoms with Crippen LogP contribution in [0.1, 0.15) is 18.4 Å². The summed E-state index contributed by atoms with van der Waals surface area (Å²) in [5.74, 6) is 1.77. The second kappa shape index (κ2) is 9.47.